The molecule has 0 spiro atoms. The summed E-state index contributed by atoms with van der Waals surface area (Å²) >= 11 is 0. The molecule has 0 aromatic heterocycles. The SMILES string of the molecule is Cc1ccc(C(=O)c2ccc(C)c(C)c2F)c(F)c1C. The van der Waals surface area contributed by atoms with Gasteiger partial charge in [0.15, 0.2) is 5.78 Å². The van der Waals surface area contributed by atoms with Crippen molar-refractivity contribution in [2.45, 2.75) is 27.7 Å². The predicted octanol–water partition coefficient (Wildman–Crippen LogP) is 4.43. The second kappa shape index (κ2) is 5.16. The lowest BCUT2D eigenvalue weighted by atomic mass is 9.95. The summed E-state index contributed by atoms with van der Waals surface area (Å²) in [5.41, 5.74) is 2.19. The number of ketones is 1. The van der Waals surface area contributed by atoms with E-state index in [4.69, 9.17) is 0 Å². The molecule has 0 aliphatic heterocycles. The van der Waals surface area contributed by atoms with Gasteiger partial charge in [0.2, 0.25) is 0 Å². The van der Waals surface area contributed by atoms with E-state index in [1.807, 2.05) is 0 Å². The van der Waals surface area contributed by atoms with E-state index in [1.165, 1.54) is 12.1 Å². The Kier molecular flexibility index (Phi) is 3.71. The number of benzene rings is 2. The molecule has 0 atom stereocenters. The highest BCUT2D eigenvalue weighted by atomic mass is 19.1. The molecule has 0 fully saturated rings. The summed E-state index contributed by atoms with van der Waals surface area (Å²) in [4.78, 5) is 12.3. The molecular weight excluding hydrogens is 258 g/mol. The maximum absolute atomic E-state index is 14.2. The van der Waals surface area contributed by atoms with Crippen LogP contribution in [-0.4, -0.2) is 5.78 Å². The van der Waals surface area contributed by atoms with Crippen molar-refractivity contribution in [2.75, 3.05) is 0 Å². The van der Waals surface area contributed by atoms with Crippen molar-refractivity contribution < 1.29 is 13.6 Å². The molecule has 3 heteroatoms. The number of carbonyl (C=O) groups excluding carboxylic acids is 1. The average Bonchev–Trinajstić information content (AvgIpc) is 2.42. The quantitative estimate of drug-likeness (QED) is 0.740. The minimum absolute atomic E-state index is 0.0877. The number of carbonyl (C=O) groups is 1. The Morgan fingerprint density at radius 2 is 1.10 bits per heavy atom. The molecule has 0 aliphatic carbocycles. The third kappa shape index (κ3) is 2.24. The normalized spacial score (nSPS) is 10.7. The third-order valence-electron chi connectivity index (χ3n) is 3.80. The van der Waals surface area contributed by atoms with Crippen molar-refractivity contribution in [2.24, 2.45) is 0 Å². The van der Waals surface area contributed by atoms with Gasteiger partial charge in [0, 0.05) is 0 Å². The Bertz CT molecular complexity index is 643. The fourth-order valence-corrected chi connectivity index (χ4v) is 2.06. The van der Waals surface area contributed by atoms with Crippen LogP contribution >= 0.6 is 0 Å². The van der Waals surface area contributed by atoms with Crippen LogP contribution in [0.4, 0.5) is 8.78 Å². The molecule has 0 bridgehead atoms. The number of halogens is 2. The highest BCUT2D eigenvalue weighted by Gasteiger charge is 2.20. The van der Waals surface area contributed by atoms with Gasteiger partial charge in [-0.05, 0) is 62.1 Å². The van der Waals surface area contributed by atoms with Gasteiger partial charge in [0.1, 0.15) is 11.6 Å². The molecule has 20 heavy (non-hydrogen) atoms. The van der Waals surface area contributed by atoms with E-state index in [0.29, 0.717) is 11.1 Å². The van der Waals surface area contributed by atoms with E-state index >= 15 is 0 Å². The van der Waals surface area contributed by atoms with E-state index in [1.54, 1.807) is 39.8 Å². The minimum Gasteiger partial charge on any atom is -0.288 e. The van der Waals surface area contributed by atoms with E-state index in [0.717, 1.165) is 11.1 Å². The van der Waals surface area contributed by atoms with E-state index in [-0.39, 0.29) is 11.1 Å². The first kappa shape index (κ1) is 14.4. The van der Waals surface area contributed by atoms with Gasteiger partial charge in [-0.15, -0.1) is 0 Å². The summed E-state index contributed by atoms with van der Waals surface area (Å²) < 4.78 is 28.3. The molecule has 0 aliphatic rings. The van der Waals surface area contributed by atoms with Gasteiger partial charge in [0.25, 0.3) is 0 Å². The lowest BCUT2D eigenvalue weighted by Crippen LogP contribution is -2.10. The van der Waals surface area contributed by atoms with E-state index < -0.39 is 17.4 Å². The van der Waals surface area contributed by atoms with Crippen LogP contribution in [0.3, 0.4) is 0 Å². The van der Waals surface area contributed by atoms with Crippen molar-refractivity contribution in [1.82, 2.24) is 0 Å². The summed E-state index contributed by atoms with van der Waals surface area (Å²) in [7, 11) is 0. The molecule has 0 N–H and O–H groups in total. The van der Waals surface area contributed by atoms with Gasteiger partial charge in [-0.2, -0.15) is 0 Å². The monoisotopic (exact) mass is 274 g/mol. The summed E-state index contributed by atoms with van der Waals surface area (Å²) in [5.74, 6) is -1.77. The van der Waals surface area contributed by atoms with Crippen molar-refractivity contribution in [1.29, 1.82) is 0 Å². The molecule has 0 amide bonds. The summed E-state index contributed by atoms with van der Waals surface area (Å²) in [6.45, 7) is 6.75. The van der Waals surface area contributed by atoms with Crippen LogP contribution in [0.25, 0.3) is 0 Å². The Hall–Kier alpha value is -2.03. The second-order valence-electron chi connectivity index (χ2n) is 5.07. The second-order valence-corrected chi connectivity index (χ2v) is 5.07. The van der Waals surface area contributed by atoms with Crippen LogP contribution in [0.5, 0.6) is 0 Å². The van der Waals surface area contributed by atoms with Crippen LogP contribution < -0.4 is 0 Å². The summed E-state index contributed by atoms with van der Waals surface area (Å²) in [5, 5.41) is 0. The van der Waals surface area contributed by atoms with Gasteiger partial charge in [-0.1, -0.05) is 12.1 Å². The highest BCUT2D eigenvalue weighted by Crippen LogP contribution is 2.23. The fourth-order valence-electron chi connectivity index (χ4n) is 2.06. The average molecular weight is 274 g/mol. The van der Waals surface area contributed by atoms with Gasteiger partial charge in [-0.3, -0.25) is 4.79 Å². The number of hydrogen-bond acceptors (Lipinski definition) is 1. The first-order valence-electron chi connectivity index (χ1n) is 6.40. The molecule has 2 rings (SSSR count). The minimum atomic E-state index is -0.619. The van der Waals surface area contributed by atoms with Gasteiger partial charge < -0.3 is 0 Å². The zero-order chi connectivity index (χ0) is 15.0. The lowest BCUT2D eigenvalue weighted by molar-refractivity contribution is 0.103. The van der Waals surface area contributed by atoms with Crippen LogP contribution in [0, 0.1) is 39.3 Å². The maximum atomic E-state index is 14.2. The molecule has 0 saturated heterocycles. The Labute approximate surface area is 117 Å². The lowest BCUT2D eigenvalue weighted by Gasteiger charge is -2.10. The highest BCUT2D eigenvalue weighted by molar-refractivity contribution is 6.09. The van der Waals surface area contributed by atoms with Crippen LogP contribution in [-0.2, 0) is 0 Å². The third-order valence-corrected chi connectivity index (χ3v) is 3.80. The molecule has 1 nitrogen and oxygen atoms in total. The van der Waals surface area contributed by atoms with Crippen molar-refractivity contribution in [3.63, 3.8) is 0 Å². The smallest absolute Gasteiger partial charge is 0.198 e. The molecule has 0 radical (unpaired) electrons. The van der Waals surface area contributed by atoms with Gasteiger partial charge in [0.05, 0.1) is 11.1 Å². The molecule has 0 saturated carbocycles. The number of rotatable bonds is 2. The molecule has 104 valence electrons. The Balaban J connectivity index is 2.58. The predicted molar refractivity (Wildman–Crippen MR) is 75.2 cm³/mol. The Morgan fingerprint density at radius 3 is 1.45 bits per heavy atom. The zero-order valence-electron chi connectivity index (χ0n) is 12.0. The number of hydrogen-bond donors (Lipinski definition) is 0. The maximum Gasteiger partial charge on any atom is 0.198 e. The van der Waals surface area contributed by atoms with Crippen molar-refractivity contribution >= 4 is 5.78 Å². The fraction of sp³-hybridized carbons (Fsp3) is 0.235. The number of aryl methyl sites for hydroxylation is 2. The standard InChI is InChI=1S/C17H16F2O/c1-9-5-7-13(15(18)11(9)3)17(20)14-8-6-10(2)12(4)16(14)19/h5-8H,1-4H3. The summed E-state index contributed by atoms with van der Waals surface area (Å²) in [6, 6.07) is 6.17. The first-order valence-corrected chi connectivity index (χ1v) is 6.40. The molecule has 0 heterocycles. The first-order chi connectivity index (χ1) is 9.34. The summed E-state index contributed by atoms with van der Waals surface area (Å²) in [6.07, 6.45) is 0. The van der Waals surface area contributed by atoms with Crippen LogP contribution in [0.1, 0.15) is 38.2 Å². The molecule has 2 aromatic rings. The van der Waals surface area contributed by atoms with Crippen molar-refractivity contribution in [3.05, 3.63) is 69.3 Å². The molecule has 2 aromatic carbocycles. The van der Waals surface area contributed by atoms with E-state index in [2.05, 4.69) is 0 Å². The molecular formula is C17H16F2O. The van der Waals surface area contributed by atoms with Crippen LogP contribution in [0.2, 0.25) is 0 Å². The van der Waals surface area contributed by atoms with Gasteiger partial charge >= 0.3 is 0 Å². The largest absolute Gasteiger partial charge is 0.288 e. The van der Waals surface area contributed by atoms with Crippen molar-refractivity contribution in [3.8, 4) is 0 Å². The topological polar surface area (TPSA) is 17.1 Å². The Morgan fingerprint density at radius 1 is 0.750 bits per heavy atom. The van der Waals surface area contributed by atoms with Gasteiger partial charge in [-0.25, -0.2) is 8.78 Å². The molecule has 0 unspecified atom stereocenters. The van der Waals surface area contributed by atoms with Crippen LogP contribution in [0.15, 0.2) is 24.3 Å². The zero-order valence-corrected chi connectivity index (χ0v) is 12.0. The van der Waals surface area contributed by atoms with E-state index in [9.17, 15) is 13.6 Å².